The van der Waals surface area contributed by atoms with Gasteiger partial charge < -0.3 is 10.1 Å². The molecule has 0 saturated heterocycles. The second-order valence-corrected chi connectivity index (χ2v) is 7.21. The van der Waals surface area contributed by atoms with Crippen LogP contribution in [0.2, 0.25) is 0 Å². The minimum absolute atomic E-state index is 0.0212. The van der Waals surface area contributed by atoms with Crippen LogP contribution in [0, 0.1) is 12.8 Å². The molecule has 1 fully saturated rings. The highest BCUT2D eigenvalue weighted by atomic mass is 16.5. The minimum atomic E-state index is -0.332. The van der Waals surface area contributed by atoms with Crippen LogP contribution >= 0.6 is 0 Å². The van der Waals surface area contributed by atoms with E-state index < -0.39 is 0 Å². The van der Waals surface area contributed by atoms with Crippen LogP contribution in [-0.4, -0.2) is 27.3 Å². The summed E-state index contributed by atoms with van der Waals surface area (Å²) in [6, 6.07) is 15.6. The van der Waals surface area contributed by atoms with Crippen LogP contribution in [0.1, 0.15) is 24.6 Å². The molecule has 144 valence electrons. The average molecular weight is 376 g/mol. The molecule has 6 heteroatoms. The van der Waals surface area contributed by atoms with Crippen molar-refractivity contribution in [3.05, 3.63) is 72.2 Å². The first-order valence-electron chi connectivity index (χ1n) is 9.56. The second kappa shape index (κ2) is 7.46. The fourth-order valence-electron chi connectivity index (χ4n) is 3.64. The van der Waals surface area contributed by atoms with Crippen LogP contribution in [-0.2, 0) is 16.8 Å². The Morgan fingerprint density at radius 2 is 2.04 bits per heavy atom. The summed E-state index contributed by atoms with van der Waals surface area (Å²) in [5.41, 5.74) is 1.65. The molecule has 1 saturated carbocycles. The number of anilines is 1. The Kier molecular flexibility index (Phi) is 4.86. The maximum absolute atomic E-state index is 12.9. The molecule has 1 aromatic carbocycles. The number of benzene rings is 1. The Bertz CT molecular complexity index is 955. The molecule has 6 nitrogen and oxygen atoms in total. The van der Waals surface area contributed by atoms with Crippen LogP contribution in [0.3, 0.4) is 0 Å². The molecular weight excluding hydrogens is 352 g/mol. The van der Waals surface area contributed by atoms with Crippen molar-refractivity contribution in [3.8, 4) is 5.75 Å². The third-order valence-corrected chi connectivity index (χ3v) is 5.37. The highest BCUT2D eigenvalue weighted by Gasteiger charge is 2.60. The number of pyridine rings is 1. The lowest BCUT2D eigenvalue weighted by Crippen LogP contribution is -2.26. The molecule has 0 bridgehead atoms. The summed E-state index contributed by atoms with van der Waals surface area (Å²) in [6.45, 7) is 5.21. The Balaban J connectivity index is 1.53. The lowest BCUT2D eigenvalue weighted by molar-refractivity contribution is -0.117. The van der Waals surface area contributed by atoms with Crippen molar-refractivity contribution in [2.45, 2.75) is 32.2 Å². The van der Waals surface area contributed by atoms with Gasteiger partial charge >= 0.3 is 0 Å². The van der Waals surface area contributed by atoms with Gasteiger partial charge in [0.25, 0.3) is 0 Å². The topological polar surface area (TPSA) is 69.0 Å². The highest BCUT2D eigenvalue weighted by molar-refractivity contribution is 5.95. The summed E-state index contributed by atoms with van der Waals surface area (Å²) in [6.07, 6.45) is 4.33. The van der Waals surface area contributed by atoms with Gasteiger partial charge in [0.2, 0.25) is 5.91 Å². The number of aryl methyl sites for hydroxylation is 2. The van der Waals surface area contributed by atoms with Gasteiger partial charge in [-0.25, -0.2) is 4.98 Å². The lowest BCUT2D eigenvalue weighted by atomic mass is 9.93. The van der Waals surface area contributed by atoms with Crippen LogP contribution in [0.5, 0.6) is 5.75 Å². The van der Waals surface area contributed by atoms with Crippen LogP contribution in [0.15, 0.2) is 60.9 Å². The predicted octanol–water partition coefficient (Wildman–Crippen LogP) is 3.58. The Labute approximate surface area is 164 Å². The summed E-state index contributed by atoms with van der Waals surface area (Å²) in [4.78, 5) is 17.1. The van der Waals surface area contributed by atoms with Gasteiger partial charge in [-0.2, -0.15) is 5.10 Å². The Hall–Kier alpha value is -3.15. The summed E-state index contributed by atoms with van der Waals surface area (Å²) in [5, 5.41) is 7.37. The van der Waals surface area contributed by atoms with Crippen molar-refractivity contribution in [2.24, 2.45) is 5.92 Å². The SMILES string of the molecule is CCn1cc(OCC2(c3ccccc3)CC2C(=O)Nc2ccccn2)c(C)n1. The molecule has 1 N–H and O–H groups in total. The summed E-state index contributed by atoms with van der Waals surface area (Å²) in [7, 11) is 0. The Morgan fingerprint density at radius 1 is 1.25 bits per heavy atom. The number of nitrogens with zero attached hydrogens (tertiary/aromatic N) is 3. The van der Waals surface area contributed by atoms with E-state index in [4.69, 9.17) is 4.74 Å². The number of rotatable bonds is 7. The van der Waals surface area contributed by atoms with Gasteiger partial charge in [0.15, 0.2) is 5.75 Å². The number of carbonyl (C=O) groups excluding carboxylic acids is 1. The molecule has 0 radical (unpaired) electrons. The van der Waals surface area contributed by atoms with Crippen LogP contribution < -0.4 is 10.1 Å². The molecule has 28 heavy (non-hydrogen) atoms. The van der Waals surface area contributed by atoms with E-state index in [1.807, 2.05) is 55.1 Å². The predicted molar refractivity (Wildman–Crippen MR) is 107 cm³/mol. The van der Waals surface area contributed by atoms with Gasteiger partial charge in [-0.15, -0.1) is 0 Å². The maximum atomic E-state index is 12.9. The van der Waals surface area contributed by atoms with Gasteiger partial charge in [-0.05, 0) is 38.0 Å². The zero-order chi connectivity index (χ0) is 19.6. The van der Waals surface area contributed by atoms with Gasteiger partial charge in [0, 0.05) is 18.2 Å². The molecule has 0 aliphatic heterocycles. The number of hydrogen-bond acceptors (Lipinski definition) is 4. The number of carbonyl (C=O) groups is 1. The van der Waals surface area contributed by atoms with Crippen molar-refractivity contribution in [3.63, 3.8) is 0 Å². The van der Waals surface area contributed by atoms with Crippen molar-refractivity contribution < 1.29 is 9.53 Å². The van der Waals surface area contributed by atoms with Gasteiger partial charge in [-0.3, -0.25) is 9.48 Å². The third kappa shape index (κ3) is 3.50. The lowest BCUT2D eigenvalue weighted by Gasteiger charge is -2.18. The van der Waals surface area contributed by atoms with Gasteiger partial charge in [0.05, 0.1) is 18.7 Å². The minimum Gasteiger partial charge on any atom is -0.489 e. The summed E-state index contributed by atoms with van der Waals surface area (Å²) < 4.78 is 8.01. The zero-order valence-corrected chi connectivity index (χ0v) is 16.1. The molecule has 0 spiro atoms. The standard InChI is InChI=1S/C22H24N4O2/c1-3-26-14-19(16(2)25-26)28-15-22(17-9-5-4-6-10-17)13-18(22)21(27)24-20-11-7-8-12-23-20/h4-12,14,18H,3,13,15H2,1-2H3,(H,23,24,27). The van der Waals surface area contributed by atoms with Crippen LogP contribution in [0.4, 0.5) is 5.82 Å². The van der Waals surface area contributed by atoms with E-state index in [2.05, 4.69) is 27.5 Å². The van der Waals surface area contributed by atoms with E-state index in [9.17, 15) is 4.79 Å². The first kappa shape index (κ1) is 18.2. The molecule has 4 rings (SSSR count). The number of ether oxygens (including phenoxy) is 1. The van der Waals surface area contributed by atoms with Crippen molar-refractivity contribution in [1.82, 2.24) is 14.8 Å². The fraction of sp³-hybridized carbons (Fsp3) is 0.318. The van der Waals surface area contributed by atoms with Crippen LogP contribution in [0.25, 0.3) is 0 Å². The Morgan fingerprint density at radius 3 is 2.71 bits per heavy atom. The first-order valence-corrected chi connectivity index (χ1v) is 9.56. The number of aromatic nitrogens is 3. The second-order valence-electron chi connectivity index (χ2n) is 7.21. The molecule has 1 aliphatic carbocycles. The van der Waals surface area contributed by atoms with E-state index >= 15 is 0 Å². The maximum Gasteiger partial charge on any atom is 0.229 e. The molecule has 1 aliphatic rings. The van der Waals surface area contributed by atoms with E-state index in [-0.39, 0.29) is 17.2 Å². The normalized spacial score (nSPS) is 20.6. The summed E-state index contributed by atoms with van der Waals surface area (Å²) in [5.74, 6) is 1.17. The largest absolute Gasteiger partial charge is 0.489 e. The molecule has 2 aromatic heterocycles. The number of nitrogens with one attached hydrogen (secondary N) is 1. The van der Waals surface area contributed by atoms with Gasteiger partial charge in [0.1, 0.15) is 11.5 Å². The molecular formula is C22H24N4O2. The monoisotopic (exact) mass is 376 g/mol. The van der Waals surface area contributed by atoms with Crippen molar-refractivity contribution >= 4 is 11.7 Å². The quantitative estimate of drug-likeness (QED) is 0.684. The number of hydrogen-bond donors (Lipinski definition) is 1. The van der Waals surface area contributed by atoms with E-state index in [1.54, 1.807) is 12.3 Å². The molecule has 2 atom stereocenters. The zero-order valence-electron chi connectivity index (χ0n) is 16.1. The number of amides is 1. The molecule has 2 heterocycles. The fourth-order valence-corrected chi connectivity index (χ4v) is 3.64. The average Bonchev–Trinajstić information content (AvgIpc) is 3.37. The van der Waals surface area contributed by atoms with Crippen molar-refractivity contribution in [1.29, 1.82) is 0 Å². The van der Waals surface area contributed by atoms with E-state index in [0.717, 1.165) is 30.0 Å². The van der Waals surface area contributed by atoms with E-state index in [1.165, 1.54) is 0 Å². The third-order valence-electron chi connectivity index (χ3n) is 5.37. The van der Waals surface area contributed by atoms with Gasteiger partial charge in [-0.1, -0.05) is 36.4 Å². The smallest absolute Gasteiger partial charge is 0.229 e. The highest BCUT2D eigenvalue weighted by Crippen LogP contribution is 2.55. The van der Waals surface area contributed by atoms with E-state index in [0.29, 0.717) is 12.4 Å². The molecule has 3 aromatic rings. The van der Waals surface area contributed by atoms with Crippen molar-refractivity contribution in [2.75, 3.05) is 11.9 Å². The first-order chi connectivity index (χ1) is 13.6. The molecule has 2 unspecified atom stereocenters. The molecule has 1 amide bonds. The summed E-state index contributed by atoms with van der Waals surface area (Å²) >= 11 is 0.